The largest absolute Gasteiger partial charge is 0.380 e. The minimum Gasteiger partial charge on any atom is -0.380 e. The SMILES string of the molecule is CC(C)n1ncc(NC2CCC(N)CC2)c(Cl)c1=O. The second-order valence-electron chi connectivity index (χ2n) is 5.47. The summed E-state index contributed by atoms with van der Waals surface area (Å²) >= 11 is 6.13. The van der Waals surface area contributed by atoms with E-state index in [0.29, 0.717) is 17.8 Å². The molecule has 2 rings (SSSR count). The Balaban J connectivity index is 2.13. The van der Waals surface area contributed by atoms with Crippen molar-refractivity contribution in [3.63, 3.8) is 0 Å². The monoisotopic (exact) mass is 284 g/mol. The van der Waals surface area contributed by atoms with Gasteiger partial charge in [0.2, 0.25) is 0 Å². The number of anilines is 1. The number of aromatic nitrogens is 2. The van der Waals surface area contributed by atoms with Crippen LogP contribution in [0.5, 0.6) is 0 Å². The molecule has 0 saturated heterocycles. The van der Waals surface area contributed by atoms with Crippen molar-refractivity contribution < 1.29 is 0 Å². The van der Waals surface area contributed by atoms with Crippen LogP contribution in [-0.2, 0) is 0 Å². The Morgan fingerprint density at radius 3 is 2.63 bits per heavy atom. The molecule has 1 saturated carbocycles. The fourth-order valence-electron chi connectivity index (χ4n) is 2.40. The number of hydrogen-bond acceptors (Lipinski definition) is 4. The smallest absolute Gasteiger partial charge is 0.287 e. The summed E-state index contributed by atoms with van der Waals surface area (Å²) in [4.78, 5) is 12.0. The van der Waals surface area contributed by atoms with Gasteiger partial charge in [-0.05, 0) is 39.5 Å². The Hall–Kier alpha value is -1.07. The molecule has 1 fully saturated rings. The summed E-state index contributed by atoms with van der Waals surface area (Å²) in [5, 5.41) is 7.69. The zero-order valence-electron chi connectivity index (χ0n) is 11.4. The lowest BCUT2D eigenvalue weighted by molar-refractivity contribution is 0.410. The van der Waals surface area contributed by atoms with E-state index in [-0.39, 0.29) is 16.6 Å². The average molecular weight is 285 g/mol. The van der Waals surface area contributed by atoms with Gasteiger partial charge < -0.3 is 11.1 Å². The maximum atomic E-state index is 12.0. The van der Waals surface area contributed by atoms with E-state index in [1.165, 1.54) is 4.68 Å². The summed E-state index contributed by atoms with van der Waals surface area (Å²) in [6.07, 6.45) is 5.66. The first-order valence-corrected chi connectivity index (χ1v) is 7.16. The normalized spacial score (nSPS) is 23.6. The van der Waals surface area contributed by atoms with Crippen LogP contribution in [0, 0.1) is 0 Å². The maximum absolute atomic E-state index is 12.0. The fraction of sp³-hybridized carbons (Fsp3) is 0.692. The lowest BCUT2D eigenvalue weighted by atomic mass is 9.92. The molecule has 0 radical (unpaired) electrons. The molecule has 0 aliphatic heterocycles. The van der Waals surface area contributed by atoms with Crippen molar-refractivity contribution in [2.75, 3.05) is 5.32 Å². The van der Waals surface area contributed by atoms with Gasteiger partial charge in [-0.3, -0.25) is 4.79 Å². The van der Waals surface area contributed by atoms with Gasteiger partial charge in [0.1, 0.15) is 5.02 Å². The highest BCUT2D eigenvalue weighted by atomic mass is 35.5. The van der Waals surface area contributed by atoms with Crippen LogP contribution in [0.15, 0.2) is 11.0 Å². The number of nitrogens with zero attached hydrogens (tertiary/aromatic N) is 2. The molecular weight excluding hydrogens is 264 g/mol. The summed E-state index contributed by atoms with van der Waals surface area (Å²) < 4.78 is 1.39. The molecule has 0 aromatic carbocycles. The van der Waals surface area contributed by atoms with E-state index in [2.05, 4.69) is 10.4 Å². The van der Waals surface area contributed by atoms with E-state index in [1.807, 2.05) is 13.8 Å². The van der Waals surface area contributed by atoms with Gasteiger partial charge in [0.05, 0.1) is 17.9 Å². The van der Waals surface area contributed by atoms with E-state index in [9.17, 15) is 4.79 Å². The Bertz CT molecular complexity index is 492. The lowest BCUT2D eigenvalue weighted by Crippen LogP contribution is -2.34. The molecule has 3 N–H and O–H groups in total. The van der Waals surface area contributed by atoms with Crippen LogP contribution in [0.4, 0.5) is 5.69 Å². The molecule has 0 unspecified atom stereocenters. The van der Waals surface area contributed by atoms with Crippen molar-refractivity contribution in [1.29, 1.82) is 0 Å². The predicted octanol–water partition coefficient (Wildman–Crippen LogP) is 2.16. The standard InChI is InChI=1S/C13H21ClN4O/c1-8(2)18-13(19)12(14)11(7-16-18)17-10-5-3-9(15)4-6-10/h7-10,17H,3-6,15H2,1-2H3. The van der Waals surface area contributed by atoms with E-state index < -0.39 is 0 Å². The molecule has 6 heteroatoms. The molecule has 1 heterocycles. The third kappa shape index (κ3) is 3.28. The molecule has 106 valence electrons. The second kappa shape index (κ2) is 5.92. The van der Waals surface area contributed by atoms with Crippen molar-refractivity contribution in [3.05, 3.63) is 21.6 Å². The van der Waals surface area contributed by atoms with Crippen LogP contribution < -0.4 is 16.6 Å². The van der Waals surface area contributed by atoms with Gasteiger partial charge >= 0.3 is 0 Å². The average Bonchev–Trinajstić information content (AvgIpc) is 2.37. The van der Waals surface area contributed by atoms with Crippen LogP contribution in [0.2, 0.25) is 5.02 Å². The quantitative estimate of drug-likeness (QED) is 0.892. The molecule has 0 bridgehead atoms. The van der Waals surface area contributed by atoms with E-state index >= 15 is 0 Å². The molecule has 1 aliphatic carbocycles. The Labute approximate surface area is 118 Å². The van der Waals surface area contributed by atoms with Crippen molar-refractivity contribution in [1.82, 2.24) is 9.78 Å². The fourth-order valence-corrected chi connectivity index (χ4v) is 2.59. The lowest BCUT2D eigenvalue weighted by Gasteiger charge is -2.27. The topological polar surface area (TPSA) is 72.9 Å². The number of hydrogen-bond donors (Lipinski definition) is 2. The van der Waals surface area contributed by atoms with E-state index in [4.69, 9.17) is 17.3 Å². The summed E-state index contributed by atoms with van der Waals surface area (Å²) in [6, 6.07) is 0.640. The Morgan fingerprint density at radius 2 is 2.05 bits per heavy atom. The molecule has 0 atom stereocenters. The van der Waals surface area contributed by atoms with E-state index in [1.54, 1.807) is 6.20 Å². The number of halogens is 1. The molecule has 19 heavy (non-hydrogen) atoms. The van der Waals surface area contributed by atoms with Gasteiger partial charge in [0.15, 0.2) is 0 Å². The van der Waals surface area contributed by atoms with Gasteiger partial charge in [0.25, 0.3) is 5.56 Å². The Kier molecular flexibility index (Phi) is 4.47. The third-order valence-corrected chi connectivity index (χ3v) is 3.93. The number of nitrogens with one attached hydrogen (secondary N) is 1. The molecule has 1 aromatic rings. The van der Waals surface area contributed by atoms with Crippen LogP contribution in [0.1, 0.15) is 45.6 Å². The van der Waals surface area contributed by atoms with Crippen LogP contribution in [-0.4, -0.2) is 21.9 Å². The zero-order valence-corrected chi connectivity index (χ0v) is 12.2. The Morgan fingerprint density at radius 1 is 1.42 bits per heavy atom. The van der Waals surface area contributed by atoms with Crippen LogP contribution in [0.25, 0.3) is 0 Å². The number of nitrogens with two attached hydrogens (primary N) is 1. The van der Waals surface area contributed by atoms with Gasteiger partial charge in [-0.15, -0.1) is 0 Å². The van der Waals surface area contributed by atoms with Crippen molar-refractivity contribution in [2.45, 2.75) is 57.7 Å². The minimum absolute atomic E-state index is 0.00623. The van der Waals surface area contributed by atoms with Crippen LogP contribution >= 0.6 is 11.6 Å². The first-order valence-electron chi connectivity index (χ1n) is 6.78. The zero-order chi connectivity index (χ0) is 14.0. The molecule has 1 aliphatic rings. The summed E-state index contributed by atoms with van der Waals surface area (Å²) in [5.41, 5.74) is 6.27. The van der Waals surface area contributed by atoms with E-state index in [0.717, 1.165) is 25.7 Å². The molecule has 1 aromatic heterocycles. The highest BCUT2D eigenvalue weighted by Crippen LogP contribution is 2.24. The predicted molar refractivity (Wildman–Crippen MR) is 77.7 cm³/mol. The first kappa shape index (κ1) is 14.3. The maximum Gasteiger partial charge on any atom is 0.287 e. The summed E-state index contributed by atoms with van der Waals surface area (Å²) in [5.74, 6) is 0. The summed E-state index contributed by atoms with van der Waals surface area (Å²) in [6.45, 7) is 3.81. The van der Waals surface area contributed by atoms with Crippen LogP contribution in [0.3, 0.4) is 0 Å². The highest BCUT2D eigenvalue weighted by molar-refractivity contribution is 6.32. The highest BCUT2D eigenvalue weighted by Gasteiger charge is 2.20. The second-order valence-corrected chi connectivity index (χ2v) is 5.85. The van der Waals surface area contributed by atoms with Crippen molar-refractivity contribution in [2.24, 2.45) is 5.73 Å². The van der Waals surface area contributed by atoms with Crippen molar-refractivity contribution >= 4 is 17.3 Å². The van der Waals surface area contributed by atoms with Gasteiger partial charge in [-0.2, -0.15) is 5.10 Å². The van der Waals surface area contributed by atoms with Gasteiger partial charge in [-0.1, -0.05) is 11.6 Å². The minimum atomic E-state index is -0.242. The molecular formula is C13H21ClN4O. The molecule has 5 nitrogen and oxygen atoms in total. The first-order chi connectivity index (χ1) is 8.99. The number of rotatable bonds is 3. The van der Waals surface area contributed by atoms with Crippen molar-refractivity contribution in [3.8, 4) is 0 Å². The summed E-state index contributed by atoms with van der Waals surface area (Å²) in [7, 11) is 0. The molecule has 0 amide bonds. The third-order valence-electron chi connectivity index (χ3n) is 3.56. The molecule has 0 spiro atoms. The van der Waals surface area contributed by atoms with Gasteiger partial charge in [0, 0.05) is 12.1 Å². The van der Waals surface area contributed by atoms with Gasteiger partial charge in [-0.25, -0.2) is 4.68 Å².